The van der Waals surface area contributed by atoms with E-state index in [4.69, 9.17) is 16.0 Å². The van der Waals surface area contributed by atoms with Crippen molar-refractivity contribution in [2.45, 2.75) is 134 Å². The lowest BCUT2D eigenvalue weighted by molar-refractivity contribution is -0.719. The number of hydrogen-bond acceptors (Lipinski definition) is 2. The molecule has 4 aromatic heterocycles. The van der Waals surface area contributed by atoms with Crippen molar-refractivity contribution in [2.24, 2.45) is 0 Å². The Hall–Kier alpha value is -4.35. The fourth-order valence-corrected chi connectivity index (χ4v) is 12.8. The van der Waals surface area contributed by atoms with Gasteiger partial charge in [-0.15, -0.1) is 0 Å². The van der Waals surface area contributed by atoms with Crippen LogP contribution in [0.25, 0.3) is 50.3 Å². The molecule has 0 saturated heterocycles. The minimum atomic E-state index is -1.66. The van der Waals surface area contributed by atoms with Gasteiger partial charge in [0.05, 0.1) is 20.1 Å². The number of pyridine rings is 3. The van der Waals surface area contributed by atoms with Gasteiger partial charge < -0.3 is 4.42 Å². The van der Waals surface area contributed by atoms with Crippen LogP contribution >= 0.6 is 0 Å². The fourth-order valence-electron chi connectivity index (χ4n) is 11.1. The number of aryl methyl sites for hydroxylation is 2. The molecule has 6 aromatic rings. The molecule has 10 rings (SSSR count). The molecule has 2 aromatic carbocycles. The molecule has 0 N–H and O–H groups in total. The van der Waals surface area contributed by atoms with Gasteiger partial charge >= 0.3 is 0 Å². The molecule has 0 spiro atoms. The van der Waals surface area contributed by atoms with Gasteiger partial charge in [0.15, 0.2) is 24.1 Å². The Morgan fingerprint density at radius 1 is 0.745 bits per heavy atom. The quantitative estimate of drug-likeness (QED) is 0.134. The number of fused-ring (bicyclic) bond motifs is 12. The molecule has 55 heavy (non-hydrogen) atoms. The summed E-state index contributed by atoms with van der Waals surface area (Å²) in [6.45, 7) is 14.7. The average molecular weight is 744 g/mol. The zero-order valence-corrected chi connectivity index (χ0v) is 34.5. The Morgan fingerprint density at radius 3 is 2.29 bits per heavy atom. The zero-order valence-electron chi connectivity index (χ0n) is 33.5. The van der Waals surface area contributed by atoms with Crippen molar-refractivity contribution in [2.75, 3.05) is 0 Å². The fraction of sp³-hybridized carbons (Fsp3) is 0.420. The first-order valence-corrected chi connectivity index (χ1v) is 25.0. The third-order valence-corrected chi connectivity index (χ3v) is 16.0. The van der Waals surface area contributed by atoms with E-state index in [9.17, 15) is 0 Å². The lowest BCUT2D eigenvalue weighted by Crippen LogP contribution is -2.55. The van der Waals surface area contributed by atoms with E-state index in [2.05, 4.69) is 108 Å². The SMILES string of the molecule is C=C1CC2C(CCc3cc4oc5nc(C)ccc5c4cc3-c3cc(C4CCCCC4)cc[n+]31)c1ccccc1-c1cc(C3CCCCC3)c([Si](C)(C)C)c[n+]12. The standard InChI is InChI=1S/C50H57N3OSi/c1-32-20-22-41-44-29-42-37(28-48(44)54-50(41)51-32)21-23-40-38-18-12-13-19-39(38)47-30-43(35-16-10-7-11-17-35)49(55(3,4)5)31-53(47)45(40)26-33(2)52-25-24-36(27-46(42)52)34-14-8-6-9-15-34/h12-13,18-20,22,24-25,27-31,34-35,40,45H,2,6-11,14-17,21,23,26H2,1,3-5H3/q+2. The lowest BCUT2D eigenvalue weighted by Gasteiger charge is -2.34. The predicted octanol–water partition coefficient (Wildman–Crippen LogP) is 12.0. The number of nitrogens with zero attached hydrogens (tertiary/aromatic N) is 3. The minimum Gasteiger partial charge on any atom is -0.438 e. The van der Waals surface area contributed by atoms with Crippen LogP contribution < -0.4 is 14.3 Å². The van der Waals surface area contributed by atoms with Crippen LogP contribution in [-0.2, 0) is 6.42 Å². The van der Waals surface area contributed by atoms with E-state index in [1.807, 2.05) is 6.92 Å². The largest absolute Gasteiger partial charge is 0.438 e. The van der Waals surface area contributed by atoms with Gasteiger partial charge in [-0.25, -0.2) is 4.98 Å². The van der Waals surface area contributed by atoms with Gasteiger partial charge in [0.2, 0.25) is 17.1 Å². The summed E-state index contributed by atoms with van der Waals surface area (Å²) in [7, 11) is -1.66. The van der Waals surface area contributed by atoms with E-state index in [1.165, 1.54) is 109 Å². The Labute approximate surface area is 328 Å². The van der Waals surface area contributed by atoms with Gasteiger partial charge in [-0.3, -0.25) is 0 Å². The molecule has 6 heterocycles. The summed E-state index contributed by atoms with van der Waals surface area (Å²) in [5, 5.41) is 3.90. The van der Waals surface area contributed by atoms with Gasteiger partial charge in [-0.05, 0) is 116 Å². The van der Waals surface area contributed by atoms with Gasteiger partial charge in [0, 0.05) is 51.3 Å². The van der Waals surface area contributed by atoms with Crippen LogP contribution in [0.2, 0.25) is 19.6 Å². The summed E-state index contributed by atoms with van der Waals surface area (Å²) in [5.41, 5.74) is 15.2. The first-order valence-electron chi connectivity index (χ1n) is 21.5. The molecule has 2 atom stereocenters. The van der Waals surface area contributed by atoms with Crippen LogP contribution in [0, 0.1) is 6.92 Å². The summed E-state index contributed by atoms with van der Waals surface area (Å²) >= 11 is 0. The molecule has 280 valence electrons. The van der Waals surface area contributed by atoms with Crippen molar-refractivity contribution in [3.63, 3.8) is 0 Å². The molecule has 2 aliphatic carbocycles. The van der Waals surface area contributed by atoms with Gasteiger partial charge in [0.1, 0.15) is 5.58 Å². The Bertz CT molecular complexity index is 2470. The van der Waals surface area contributed by atoms with Crippen molar-refractivity contribution < 1.29 is 13.6 Å². The van der Waals surface area contributed by atoms with Crippen molar-refractivity contribution in [1.82, 2.24) is 4.98 Å². The minimum absolute atomic E-state index is 0.273. The highest BCUT2D eigenvalue weighted by Crippen LogP contribution is 2.46. The molecule has 5 heteroatoms. The van der Waals surface area contributed by atoms with Gasteiger partial charge in [-0.2, -0.15) is 9.13 Å². The third-order valence-electron chi connectivity index (χ3n) is 14.0. The van der Waals surface area contributed by atoms with Crippen LogP contribution in [-0.4, -0.2) is 13.1 Å². The first kappa shape index (κ1) is 35.1. The van der Waals surface area contributed by atoms with E-state index in [1.54, 1.807) is 10.8 Å². The van der Waals surface area contributed by atoms with E-state index < -0.39 is 8.07 Å². The van der Waals surface area contributed by atoms with Crippen molar-refractivity contribution in [3.05, 3.63) is 114 Å². The number of furan rings is 1. The topological polar surface area (TPSA) is 33.8 Å². The lowest BCUT2D eigenvalue weighted by atomic mass is 9.76. The summed E-state index contributed by atoms with van der Waals surface area (Å²) in [4.78, 5) is 4.81. The number of benzene rings is 2. The first-order chi connectivity index (χ1) is 26.7. The number of rotatable bonds is 3. The molecule has 2 unspecified atom stereocenters. The molecule has 2 aliphatic heterocycles. The van der Waals surface area contributed by atoms with Crippen LogP contribution in [0.1, 0.15) is 129 Å². The van der Waals surface area contributed by atoms with E-state index in [-0.39, 0.29) is 6.04 Å². The number of allylic oxidation sites excluding steroid dienone is 1. The summed E-state index contributed by atoms with van der Waals surface area (Å²) < 4.78 is 11.7. The highest BCUT2D eigenvalue weighted by atomic mass is 28.3. The van der Waals surface area contributed by atoms with Gasteiger partial charge in [0.25, 0.3) is 0 Å². The number of hydrogen-bond donors (Lipinski definition) is 0. The molecule has 4 aliphatic rings. The molecule has 2 saturated carbocycles. The zero-order chi connectivity index (χ0) is 37.4. The second-order valence-corrected chi connectivity index (χ2v) is 23.6. The molecular formula is C50H57N3OSi+2. The van der Waals surface area contributed by atoms with Crippen LogP contribution in [0.15, 0.2) is 90.1 Å². The molecule has 0 amide bonds. The van der Waals surface area contributed by atoms with Crippen molar-refractivity contribution in [3.8, 4) is 22.5 Å². The maximum Gasteiger partial charge on any atom is 0.227 e. The van der Waals surface area contributed by atoms with E-state index >= 15 is 0 Å². The van der Waals surface area contributed by atoms with Crippen molar-refractivity contribution in [1.29, 1.82) is 0 Å². The molecular weight excluding hydrogens is 687 g/mol. The van der Waals surface area contributed by atoms with Crippen LogP contribution in [0.4, 0.5) is 0 Å². The van der Waals surface area contributed by atoms with Crippen LogP contribution in [0.3, 0.4) is 0 Å². The monoisotopic (exact) mass is 743 g/mol. The summed E-state index contributed by atoms with van der Waals surface area (Å²) in [6.07, 6.45) is 21.3. The van der Waals surface area contributed by atoms with Gasteiger partial charge in [-0.1, -0.05) is 76.4 Å². The smallest absolute Gasteiger partial charge is 0.227 e. The molecule has 0 bridgehead atoms. The van der Waals surface area contributed by atoms with Crippen molar-refractivity contribution >= 4 is 41.0 Å². The normalized spacial score (nSPS) is 20.8. The van der Waals surface area contributed by atoms with E-state index in [0.29, 0.717) is 17.8 Å². The number of aromatic nitrogens is 3. The summed E-state index contributed by atoms with van der Waals surface area (Å²) in [5.74, 6) is 1.65. The Kier molecular flexibility index (Phi) is 8.73. The molecule has 2 fully saturated rings. The Balaban J connectivity index is 1.17. The Morgan fingerprint density at radius 2 is 1.51 bits per heavy atom. The van der Waals surface area contributed by atoms with E-state index in [0.717, 1.165) is 47.0 Å². The second kappa shape index (κ2) is 13.7. The second-order valence-electron chi connectivity index (χ2n) is 18.6. The third kappa shape index (κ3) is 6.13. The average Bonchev–Trinajstić information content (AvgIpc) is 3.55. The highest BCUT2D eigenvalue weighted by molar-refractivity contribution is 6.89. The maximum atomic E-state index is 6.54. The summed E-state index contributed by atoms with van der Waals surface area (Å²) in [6, 6.07) is 26.3. The highest BCUT2D eigenvalue weighted by Gasteiger charge is 2.44. The van der Waals surface area contributed by atoms with Crippen LogP contribution in [0.5, 0.6) is 0 Å². The molecule has 4 nitrogen and oxygen atoms in total. The predicted molar refractivity (Wildman–Crippen MR) is 229 cm³/mol. The maximum absolute atomic E-state index is 6.54. The molecule has 0 radical (unpaired) electrons.